The molecule has 0 radical (unpaired) electrons. The van der Waals surface area contributed by atoms with Gasteiger partial charge in [-0.2, -0.15) is 0 Å². The third-order valence-electron chi connectivity index (χ3n) is 15.0. The summed E-state index contributed by atoms with van der Waals surface area (Å²) in [6, 6.07) is 0. The van der Waals surface area contributed by atoms with E-state index >= 15 is 0 Å². The lowest BCUT2D eigenvalue weighted by atomic mass is 9.32. The summed E-state index contributed by atoms with van der Waals surface area (Å²) in [6.45, 7) is 19.5. The molecule has 0 aromatic carbocycles. The quantitative estimate of drug-likeness (QED) is 0.367. The van der Waals surface area contributed by atoms with Crippen LogP contribution in [0.5, 0.6) is 0 Å². The predicted octanol–water partition coefficient (Wildman–Crippen LogP) is 8.84. The van der Waals surface area contributed by atoms with E-state index in [0.29, 0.717) is 33.4 Å². The lowest BCUT2D eigenvalue weighted by Gasteiger charge is -2.72. The van der Waals surface area contributed by atoms with Gasteiger partial charge in [0.15, 0.2) is 6.29 Å². The monoisotopic (exact) mass is 526 g/mol. The van der Waals surface area contributed by atoms with Crippen molar-refractivity contribution in [1.29, 1.82) is 0 Å². The van der Waals surface area contributed by atoms with Crippen molar-refractivity contribution >= 4 is 5.78 Å². The summed E-state index contributed by atoms with van der Waals surface area (Å²) in [7, 11) is 0. The number of carbonyl (C=O) groups excluding carboxylic acids is 1. The molecule has 3 heteroatoms. The number of rotatable bonds is 4. The third kappa shape index (κ3) is 3.75. The molecule has 6 aliphatic rings. The molecule has 0 aromatic heterocycles. The Kier molecular flexibility index (Phi) is 6.79. The van der Waals surface area contributed by atoms with Gasteiger partial charge in [0, 0.05) is 18.4 Å². The van der Waals surface area contributed by atoms with Crippen LogP contribution in [0.25, 0.3) is 0 Å². The molecular weight excluding hydrogens is 468 g/mol. The number of hydrogen-bond donors (Lipinski definition) is 0. The van der Waals surface area contributed by atoms with Gasteiger partial charge in [-0.15, -0.1) is 0 Å². The zero-order valence-corrected chi connectivity index (χ0v) is 25.9. The van der Waals surface area contributed by atoms with E-state index in [2.05, 4.69) is 48.5 Å². The second kappa shape index (κ2) is 9.30. The predicted molar refractivity (Wildman–Crippen MR) is 154 cm³/mol. The van der Waals surface area contributed by atoms with Gasteiger partial charge in [0.05, 0.1) is 6.61 Å². The van der Waals surface area contributed by atoms with Crippen molar-refractivity contribution in [2.45, 2.75) is 138 Å². The molecular formula is C35H58O3. The van der Waals surface area contributed by atoms with Gasteiger partial charge in [-0.25, -0.2) is 0 Å². The van der Waals surface area contributed by atoms with Crippen LogP contribution in [0.2, 0.25) is 0 Å². The van der Waals surface area contributed by atoms with Gasteiger partial charge in [-0.3, -0.25) is 4.79 Å². The SMILES string of the molecule is CC(C)[C@@H]1CCC2(COC3CCCCO3)CC[C@]3(C)[C@H](CC[C@@H]4[C@@]5(C)CCC(=O)C(C)(C)[C@@H]5CC[C@]43C)[C@@H]12. The molecule has 5 saturated carbocycles. The molecule has 2 unspecified atom stereocenters. The second-order valence-corrected chi connectivity index (χ2v) is 16.8. The highest BCUT2D eigenvalue weighted by Gasteiger charge is 2.71. The first-order valence-electron chi connectivity index (χ1n) is 16.7. The van der Waals surface area contributed by atoms with E-state index in [1.54, 1.807) is 0 Å². The highest BCUT2D eigenvalue weighted by atomic mass is 16.7. The van der Waals surface area contributed by atoms with Crippen LogP contribution in [0, 0.1) is 62.6 Å². The van der Waals surface area contributed by atoms with Crippen molar-refractivity contribution in [3.8, 4) is 0 Å². The molecule has 216 valence electrons. The highest BCUT2D eigenvalue weighted by Crippen LogP contribution is 2.77. The maximum absolute atomic E-state index is 13.1. The Labute approximate surface area is 234 Å². The Morgan fingerprint density at radius 2 is 1.63 bits per heavy atom. The molecule has 5 aliphatic carbocycles. The van der Waals surface area contributed by atoms with Crippen LogP contribution in [-0.2, 0) is 14.3 Å². The lowest BCUT2D eigenvalue weighted by molar-refractivity contribution is -0.247. The normalized spacial score (nSPS) is 52.2. The van der Waals surface area contributed by atoms with Gasteiger partial charge in [-0.05, 0) is 134 Å². The molecule has 0 aromatic rings. The summed E-state index contributed by atoms with van der Waals surface area (Å²) in [5.74, 6) is 5.00. The Morgan fingerprint density at radius 3 is 2.34 bits per heavy atom. The van der Waals surface area contributed by atoms with Crippen LogP contribution >= 0.6 is 0 Å². The molecule has 10 atom stereocenters. The minimum absolute atomic E-state index is 0.0334. The molecule has 1 aliphatic heterocycles. The van der Waals surface area contributed by atoms with Crippen molar-refractivity contribution in [2.75, 3.05) is 13.2 Å². The molecule has 0 amide bonds. The molecule has 38 heavy (non-hydrogen) atoms. The van der Waals surface area contributed by atoms with Crippen molar-refractivity contribution in [3.05, 3.63) is 0 Å². The topological polar surface area (TPSA) is 35.5 Å². The Bertz CT molecular complexity index is 918. The van der Waals surface area contributed by atoms with Crippen LogP contribution in [-0.4, -0.2) is 25.3 Å². The van der Waals surface area contributed by atoms with Crippen molar-refractivity contribution in [1.82, 2.24) is 0 Å². The first-order valence-corrected chi connectivity index (χ1v) is 16.7. The van der Waals surface area contributed by atoms with Crippen molar-refractivity contribution < 1.29 is 14.3 Å². The summed E-state index contributed by atoms with van der Waals surface area (Å²) in [6.07, 6.45) is 16.3. The second-order valence-electron chi connectivity index (χ2n) is 16.8. The number of ketones is 1. The molecule has 1 saturated heterocycles. The van der Waals surface area contributed by atoms with E-state index in [-0.39, 0.29) is 11.7 Å². The summed E-state index contributed by atoms with van der Waals surface area (Å²) >= 11 is 0. The van der Waals surface area contributed by atoms with Crippen molar-refractivity contribution in [3.63, 3.8) is 0 Å². The number of hydrogen-bond acceptors (Lipinski definition) is 3. The molecule has 3 nitrogen and oxygen atoms in total. The molecule has 0 bridgehead atoms. The smallest absolute Gasteiger partial charge is 0.157 e. The summed E-state index contributed by atoms with van der Waals surface area (Å²) in [4.78, 5) is 13.1. The maximum atomic E-state index is 13.1. The van der Waals surface area contributed by atoms with Gasteiger partial charge < -0.3 is 9.47 Å². The van der Waals surface area contributed by atoms with E-state index in [1.165, 1.54) is 64.2 Å². The molecule has 6 rings (SSSR count). The first kappa shape index (κ1) is 27.7. The zero-order valence-electron chi connectivity index (χ0n) is 25.9. The highest BCUT2D eigenvalue weighted by molar-refractivity contribution is 5.85. The van der Waals surface area contributed by atoms with E-state index in [9.17, 15) is 4.79 Å². The van der Waals surface area contributed by atoms with E-state index < -0.39 is 0 Å². The van der Waals surface area contributed by atoms with Gasteiger partial charge in [0.25, 0.3) is 0 Å². The number of carbonyl (C=O) groups is 1. The van der Waals surface area contributed by atoms with Crippen LogP contribution in [0.1, 0.15) is 132 Å². The first-order chi connectivity index (χ1) is 17.9. The van der Waals surface area contributed by atoms with Gasteiger partial charge in [-0.1, -0.05) is 48.5 Å². The van der Waals surface area contributed by atoms with Gasteiger partial charge >= 0.3 is 0 Å². The minimum Gasteiger partial charge on any atom is -0.353 e. The summed E-state index contributed by atoms with van der Waals surface area (Å²) < 4.78 is 12.7. The maximum Gasteiger partial charge on any atom is 0.157 e. The van der Waals surface area contributed by atoms with E-state index in [0.717, 1.165) is 62.1 Å². The van der Waals surface area contributed by atoms with Crippen molar-refractivity contribution in [2.24, 2.45) is 62.6 Å². The fourth-order valence-electron chi connectivity index (χ4n) is 12.7. The number of Topliss-reactive ketones (excluding diaryl/α,β-unsaturated/α-hetero) is 1. The average molecular weight is 527 g/mol. The average Bonchev–Trinajstić information content (AvgIpc) is 3.27. The fraction of sp³-hybridized carbons (Fsp3) is 0.971. The molecule has 0 spiro atoms. The van der Waals surface area contributed by atoms with Crippen LogP contribution in [0.3, 0.4) is 0 Å². The Balaban J connectivity index is 1.32. The van der Waals surface area contributed by atoms with Crippen LogP contribution in [0.4, 0.5) is 0 Å². The van der Waals surface area contributed by atoms with E-state index in [1.807, 2.05) is 0 Å². The Hall–Kier alpha value is -0.410. The number of ether oxygens (including phenoxy) is 2. The summed E-state index contributed by atoms with van der Waals surface area (Å²) in [5.41, 5.74) is 1.27. The van der Waals surface area contributed by atoms with Crippen LogP contribution in [0.15, 0.2) is 0 Å². The zero-order chi connectivity index (χ0) is 27.1. The third-order valence-corrected chi connectivity index (χ3v) is 15.0. The van der Waals surface area contributed by atoms with Gasteiger partial charge in [0.2, 0.25) is 0 Å². The lowest BCUT2D eigenvalue weighted by Crippen LogP contribution is -2.66. The number of fused-ring (bicyclic) bond motifs is 7. The Morgan fingerprint density at radius 1 is 0.842 bits per heavy atom. The molecule has 1 heterocycles. The standard InChI is InChI=1S/C35H58O3/c1-23(2)24-13-18-35(22-38-29-10-8-9-21-37-29)20-19-33(6)25(30(24)35)11-12-27-32(5)16-15-28(36)31(3,4)26(32)14-17-34(27,33)7/h23-27,29-30H,8-22H2,1-7H3/t24-,25+,26-,27+,29?,30+,32-,33+,34+,35?/m0/s1. The minimum atomic E-state index is -0.152. The molecule has 0 N–H and O–H groups in total. The van der Waals surface area contributed by atoms with E-state index in [4.69, 9.17) is 9.47 Å². The van der Waals surface area contributed by atoms with Gasteiger partial charge in [0.1, 0.15) is 5.78 Å². The summed E-state index contributed by atoms with van der Waals surface area (Å²) in [5, 5.41) is 0. The largest absolute Gasteiger partial charge is 0.353 e. The fourth-order valence-corrected chi connectivity index (χ4v) is 12.7. The molecule has 6 fully saturated rings. The van der Waals surface area contributed by atoms with Crippen LogP contribution < -0.4 is 0 Å².